The lowest BCUT2D eigenvalue weighted by Crippen LogP contribution is -2.32. The van der Waals surface area contributed by atoms with Crippen LogP contribution in [0, 0.1) is 13.8 Å². The monoisotopic (exact) mass is 403 g/mol. The Labute approximate surface area is 167 Å². The second-order valence-corrected chi connectivity index (χ2v) is 9.19. The number of Topliss-reactive ketones (excluding diaryl/α,β-unsaturated/α-hetero) is 1. The zero-order valence-electron chi connectivity index (χ0n) is 16.6. The van der Waals surface area contributed by atoms with E-state index in [1.54, 1.807) is 12.1 Å². The smallest absolute Gasteiger partial charge is 0.238 e. The normalized spacial score (nSPS) is 16.5. The third kappa shape index (κ3) is 4.71. The van der Waals surface area contributed by atoms with E-state index in [9.17, 15) is 13.2 Å². The number of primary sulfonamides is 1. The van der Waals surface area contributed by atoms with Crippen molar-refractivity contribution >= 4 is 15.8 Å². The van der Waals surface area contributed by atoms with Crippen LogP contribution in [0.25, 0.3) is 5.69 Å². The standard InChI is InChI=1S/C21H29N3O3S/c1-16-14-20(21(25)15-23-12-6-4-3-5-7-13-23)17(2)24(16)18-8-10-19(11-9-18)28(22,26)27/h8-11,14H,3-7,12-13,15H2,1-2H3,(H2,22,26,27). The molecule has 2 heterocycles. The van der Waals surface area contributed by atoms with E-state index in [1.165, 1.54) is 31.4 Å². The molecule has 28 heavy (non-hydrogen) atoms. The van der Waals surface area contributed by atoms with Gasteiger partial charge in [0.2, 0.25) is 10.0 Å². The van der Waals surface area contributed by atoms with Gasteiger partial charge in [0.25, 0.3) is 0 Å². The van der Waals surface area contributed by atoms with Crippen molar-refractivity contribution in [1.82, 2.24) is 9.47 Å². The number of aryl methyl sites for hydroxylation is 1. The lowest BCUT2D eigenvalue weighted by atomic mass is 10.1. The number of likely N-dealkylation sites (tertiary alicyclic amines) is 1. The van der Waals surface area contributed by atoms with Crippen LogP contribution in [0.3, 0.4) is 0 Å². The Kier molecular flexibility index (Phi) is 6.37. The van der Waals surface area contributed by atoms with E-state index in [2.05, 4.69) is 4.90 Å². The van der Waals surface area contributed by atoms with Crippen LogP contribution in [0.1, 0.15) is 53.8 Å². The molecule has 1 saturated heterocycles. The molecular formula is C21H29N3O3S. The highest BCUT2D eigenvalue weighted by molar-refractivity contribution is 7.89. The molecule has 2 N–H and O–H groups in total. The zero-order valence-corrected chi connectivity index (χ0v) is 17.5. The SMILES string of the molecule is Cc1cc(C(=O)CN2CCCCCCC2)c(C)n1-c1ccc(S(N)(=O)=O)cc1. The summed E-state index contributed by atoms with van der Waals surface area (Å²) in [7, 11) is -3.72. The number of ketones is 1. The van der Waals surface area contributed by atoms with Crippen LogP contribution in [0.5, 0.6) is 0 Å². The molecular weight excluding hydrogens is 374 g/mol. The van der Waals surface area contributed by atoms with Gasteiger partial charge in [-0.2, -0.15) is 0 Å². The quantitative estimate of drug-likeness (QED) is 0.777. The summed E-state index contributed by atoms with van der Waals surface area (Å²) in [5, 5.41) is 5.18. The summed E-state index contributed by atoms with van der Waals surface area (Å²) >= 11 is 0. The van der Waals surface area contributed by atoms with Gasteiger partial charge in [-0.05, 0) is 70.1 Å². The number of benzene rings is 1. The van der Waals surface area contributed by atoms with Gasteiger partial charge in [-0.1, -0.05) is 19.3 Å². The number of nitrogens with zero attached hydrogens (tertiary/aromatic N) is 2. The van der Waals surface area contributed by atoms with Crippen LogP contribution in [0.4, 0.5) is 0 Å². The molecule has 6 nitrogen and oxygen atoms in total. The van der Waals surface area contributed by atoms with E-state index in [4.69, 9.17) is 5.14 Å². The number of carbonyl (C=O) groups excluding carboxylic acids is 1. The van der Waals surface area contributed by atoms with Crippen LogP contribution < -0.4 is 5.14 Å². The molecule has 0 amide bonds. The Hall–Kier alpha value is -1.96. The third-order valence-corrected chi connectivity index (χ3v) is 6.40. The second kappa shape index (κ2) is 8.59. The average Bonchev–Trinajstić information content (AvgIpc) is 2.91. The molecule has 3 rings (SSSR count). The van der Waals surface area contributed by atoms with Crippen molar-refractivity contribution in [3.8, 4) is 5.69 Å². The highest BCUT2D eigenvalue weighted by atomic mass is 32.2. The number of aromatic nitrogens is 1. The molecule has 7 heteroatoms. The topological polar surface area (TPSA) is 85.4 Å². The van der Waals surface area contributed by atoms with Crippen LogP contribution in [-0.4, -0.2) is 43.3 Å². The van der Waals surface area contributed by atoms with Crippen LogP contribution in [-0.2, 0) is 10.0 Å². The fraction of sp³-hybridized carbons (Fsp3) is 0.476. The Morgan fingerprint density at radius 2 is 1.57 bits per heavy atom. The van der Waals surface area contributed by atoms with E-state index in [-0.39, 0.29) is 10.7 Å². The molecule has 0 bridgehead atoms. The lowest BCUT2D eigenvalue weighted by Gasteiger charge is -2.23. The zero-order chi connectivity index (χ0) is 20.3. The Morgan fingerprint density at radius 3 is 2.14 bits per heavy atom. The summed E-state index contributed by atoms with van der Waals surface area (Å²) in [5.41, 5.74) is 3.36. The highest BCUT2D eigenvalue weighted by Gasteiger charge is 2.20. The minimum Gasteiger partial charge on any atom is -0.318 e. The van der Waals surface area contributed by atoms with Crippen molar-refractivity contribution in [2.24, 2.45) is 5.14 Å². The predicted molar refractivity (Wildman–Crippen MR) is 110 cm³/mol. The number of rotatable bonds is 5. The fourth-order valence-corrected chi connectivity index (χ4v) is 4.50. The van der Waals surface area contributed by atoms with Crippen LogP contribution >= 0.6 is 0 Å². The van der Waals surface area contributed by atoms with Gasteiger partial charge in [0.05, 0.1) is 11.4 Å². The van der Waals surface area contributed by atoms with Gasteiger partial charge in [-0.3, -0.25) is 9.69 Å². The van der Waals surface area contributed by atoms with Gasteiger partial charge in [0, 0.05) is 22.6 Å². The molecule has 0 radical (unpaired) electrons. The summed E-state index contributed by atoms with van der Waals surface area (Å²) < 4.78 is 24.9. The maximum Gasteiger partial charge on any atom is 0.238 e. The van der Waals surface area contributed by atoms with Crippen molar-refractivity contribution in [2.75, 3.05) is 19.6 Å². The Bertz CT molecular complexity index is 938. The molecule has 0 saturated carbocycles. The van der Waals surface area contributed by atoms with Crippen molar-refractivity contribution in [3.05, 3.63) is 47.3 Å². The van der Waals surface area contributed by atoms with Crippen molar-refractivity contribution in [1.29, 1.82) is 0 Å². The fourth-order valence-electron chi connectivity index (χ4n) is 3.99. The number of carbonyl (C=O) groups is 1. The second-order valence-electron chi connectivity index (χ2n) is 7.63. The molecule has 0 unspecified atom stereocenters. The molecule has 0 aliphatic carbocycles. The van der Waals surface area contributed by atoms with Gasteiger partial charge in [0.15, 0.2) is 5.78 Å². The Morgan fingerprint density at radius 1 is 1.00 bits per heavy atom. The highest BCUT2D eigenvalue weighted by Crippen LogP contribution is 2.23. The first-order valence-corrected chi connectivity index (χ1v) is 11.4. The molecule has 152 valence electrons. The summed E-state index contributed by atoms with van der Waals surface area (Å²) in [5.74, 6) is 0.140. The largest absolute Gasteiger partial charge is 0.318 e. The van der Waals surface area contributed by atoms with E-state index >= 15 is 0 Å². The summed E-state index contributed by atoms with van der Waals surface area (Å²) in [4.78, 5) is 15.3. The van der Waals surface area contributed by atoms with E-state index in [0.29, 0.717) is 6.54 Å². The summed E-state index contributed by atoms with van der Waals surface area (Å²) in [6, 6.07) is 8.34. The number of sulfonamides is 1. The molecule has 0 atom stereocenters. The maximum atomic E-state index is 13.0. The number of hydrogen-bond acceptors (Lipinski definition) is 4. The van der Waals surface area contributed by atoms with Crippen molar-refractivity contribution < 1.29 is 13.2 Å². The summed E-state index contributed by atoms with van der Waals surface area (Å²) in [6.45, 7) is 6.31. The van der Waals surface area contributed by atoms with Crippen molar-refractivity contribution in [2.45, 2.75) is 50.8 Å². The van der Waals surface area contributed by atoms with Gasteiger partial charge < -0.3 is 4.57 Å². The molecule has 1 aliphatic heterocycles. The maximum absolute atomic E-state index is 13.0. The Balaban J connectivity index is 1.82. The molecule has 1 fully saturated rings. The van der Waals surface area contributed by atoms with Crippen LogP contribution in [0.2, 0.25) is 0 Å². The first-order valence-electron chi connectivity index (χ1n) is 9.85. The first-order chi connectivity index (χ1) is 13.3. The van der Waals surface area contributed by atoms with Gasteiger partial charge >= 0.3 is 0 Å². The molecule has 1 aromatic carbocycles. The molecule has 1 aliphatic rings. The minimum atomic E-state index is -3.72. The predicted octanol–water partition coefficient (Wildman–Crippen LogP) is 3.19. The average molecular weight is 404 g/mol. The number of hydrogen-bond donors (Lipinski definition) is 1. The molecule has 0 spiro atoms. The molecule has 1 aromatic heterocycles. The lowest BCUT2D eigenvalue weighted by molar-refractivity contribution is 0.0923. The van der Waals surface area contributed by atoms with Gasteiger partial charge in [-0.25, -0.2) is 13.6 Å². The van der Waals surface area contributed by atoms with Gasteiger partial charge in [-0.15, -0.1) is 0 Å². The summed E-state index contributed by atoms with van der Waals surface area (Å²) in [6.07, 6.45) is 6.10. The van der Waals surface area contributed by atoms with Crippen molar-refractivity contribution in [3.63, 3.8) is 0 Å². The first kappa shape index (κ1) is 20.8. The third-order valence-electron chi connectivity index (χ3n) is 5.47. The number of nitrogens with two attached hydrogens (primary N) is 1. The van der Waals surface area contributed by atoms with Crippen LogP contribution in [0.15, 0.2) is 35.2 Å². The van der Waals surface area contributed by atoms with E-state index < -0.39 is 10.0 Å². The molecule has 2 aromatic rings. The van der Waals surface area contributed by atoms with E-state index in [1.807, 2.05) is 24.5 Å². The minimum absolute atomic E-state index is 0.0760. The van der Waals surface area contributed by atoms with E-state index in [0.717, 1.165) is 48.6 Å². The van der Waals surface area contributed by atoms with Gasteiger partial charge in [0.1, 0.15) is 0 Å².